The highest BCUT2D eigenvalue weighted by Gasteiger charge is 2.15. The van der Waals surface area contributed by atoms with Crippen LogP contribution in [0.15, 0.2) is 53.4 Å². The number of anilines is 1. The molecule has 1 aromatic heterocycles. The molecule has 0 spiro atoms. The van der Waals surface area contributed by atoms with E-state index >= 15 is 0 Å². The molecule has 2 aromatic carbocycles. The fourth-order valence-corrected chi connectivity index (χ4v) is 3.88. The summed E-state index contributed by atoms with van der Waals surface area (Å²) in [6, 6.07) is 13.2. The number of esters is 1. The Kier molecular flexibility index (Phi) is 7.63. The zero-order valence-corrected chi connectivity index (χ0v) is 18.7. The first-order valence-corrected chi connectivity index (χ1v) is 10.7. The number of halogens is 2. The SMILES string of the molecule is COC(=O)CCc1c(C)nn(-c2ccc(C(=O)Nc3cccc(SC(F)F)c3)cc2)c1C. The zero-order chi connectivity index (χ0) is 23.3. The summed E-state index contributed by atoms with van der Waals surface area (Å²) < 4.78 is 31.6. The number of thioether (sulfide) groups is 1. The largest absolute Gasteiger partial charge is 0.469 e. The molecule has 0 aliphatic rings. The van der Waals surface area contributed by atoms with Gasteiger partial charge in [-0.1, -0.05) is 17.8 Å². The van der Waals surface area contributed by atoms with Gasteiger partial charge in [0.1, 0.15) is 0 Å². The number of benzene rings is 2. The second-order valence-electron chi connectivity index (χ2n) is 7.04. The lowest BCUT2D eigenvalue weighted by Crippen LogP contribution is -2.12. The van der Waals surface area contributed by atoms with Crippen LogP contribution in [0.25, 0.3) is 5.69 Å². The summed E-state index contributed by atoms with van der Waals surface area (Å²) in [6.07, 6.45) is 0.813. The standard InChI is InChI=1S/C23H23F2N3O3S/c1-14-20(11-12-21(29)31-3)15(2)28(27-14)18-9-7-16(8-10-18)22(30)26-17-5-4-6-19(13-17)32-23(24)25/h4-10,13,23H,11-12H2,1-3H3,(H,26,30). The Bertz CT molecular complexity index is 1110. The molecule has 0 saturated carbocycles. The van der Waals surface area contributed by atoms with Crippen LogP contribution in [-0.2, 0) is 16.0 Å². The first kappa shape index (κ1) is 23.5. The fraction of sp³-hybridized carbons (Fsp3) is 0.261. The molecule has 9 heteroatoms. The van der Waals surface area contributed by atoms with E-state index in [9.17, 15) is 18.4 Å². The van der Waals surface area contributed by atoms with Gasteiger partial charge in [0.15, 0.2) is 0 Å². The number of carbonyl (C=O) groups excluding carboxylic acids is 2. The normalized spacial score (nSPS) is 10.9. The van der Waals surface area contributed by atoms with E-state index < -0.39 is 5.76 Å². The molecule has 6 nitrogen and oxygen atoms in total. The molecular weight excluding hydrogens is 436 g/mol. The Balaban J connectivity index is 1.73. The third-order valence-electron chi connectivity index (χ3n) is 4.94. The molecule has 0 radical (unpaired) electrons. The van der Waals surface area contributed by atoms with Crippen molar-refractivity contribution < 1.29 is 23.1 Å². The average Bonchev–Trinajstić information content (AvgIpc) is 3.05. The molecular formula is C23H23F2N3O3S. The summed E-state index contributed by atoms with van der Waals surface area (Å²) in [4.78, 5) is 24.4. The quantitative estimate of drug-likeness (QED) is 0.372. The lowest BCUT2D eigenvalue weighted by atomic mass is 10.1. The van der Waals surface area contributed by atoms with Crippen molar-refractivity contribution in [3.63, 3.8) is 0 Å². The van der Waals surface area contributed by atoms with Gasteiger partial charge in [-0.15, -0.1) is 0 Å². The molecule has 168 valence electrons. The number of hydrogen-bond donors (Lipinski definition) is 1. The Morgan fingerprint density at radius 3 is 2.53 bits per heavy atom. The van der Waals surface area contributed by atoms with Crippen molar-refractivity contribution in [1.82, 2.24) is 9.78 Å². The topological polar surface area (TPSA) is 73.2 Å². The van der Waals surface area contributed by atoms with Crippen molar-refractivity contribution in [3.05, 3.63) is 71.0 Å². The van der Waals surface area contributed by atoms with E-state index in [2.05, 4.69) is 10.4 Å². The van der Waals surface area contributed by atoms with Crippen LogP contribution >= 0.6 is 11.8 Å². The van der Waals surface area contributed by atoms with E-state index in [-0.39, 0.29) is 18.3 Å². The highest BCUT2D eigenvalue weighted by molar-refractivity contribution is 7.99. The van der Waals surface area contributed by atoms with E-state index in [0.717, 1.165) is 22.6 Å². The van der Waals surface area contributed by atoms with Crippen molar-refractivity contribution in [2.45, 2.75) is 37.3 Å². The summed E-state index contributed by atoms with van der Waals surface area (Å²) in [5.41, 5.74) is 4.37. The van der Waals surface area contributed by atoms with Gasteiger partial charge in [0.05, 0.1) is 18.5 Å². The third kappa shape index (κ3) is 5.73. The van der Waals surface area contributed by atoms with Gasteiger partial charge in [-0.2, -0.15) is 13.9 Å². The predicted octanol–water partition coefficient (Wildman–Crippen LogP) is 5.16. The van der Waals surface area contributed by atoms with E-state index in [1.165, 1.54) is 13.2 Å². The van der Waals surface area contributed by atoms with E-state index in [1.54, 1.807) is 47.1 Å². The summed E-state index contributed by atoms with van der Waals surface area (Å²) in [5.74, 6) is -3.14. The maximum absolute atomic E-state index is 12.6. The van der Waals surface area contributed by atoms with E-state index in [0.29, 0.717) is 34.3 Å². The summed E-state index contributed by atoms with van der Waals surface area (Å²) in [5, 5.41) is 7.29. The molecule has 1 amide bonds. The monoisotopic (exact) mass is 459 g/mol. The zero-order valence-electron chi connectivity index (χ0n) is 17.9. The van der Waals surface area contributed by atoms with Crippen LogP contribution in [0.2, 0.25) is 0 Å². The fourth-order valence-electron chi connectivity index (χ4n) is 3.32. The highest BCUT2D eigenvalue weighted by Crippen LogP contribution is 2.27. The highest BCUT2D eigenvalue weighted by atomic mass is 32.2. The minimum Gasteiger partial charge on any atom is -0.469 e. The van der Waals surface area contributed by atoms with Crippen LogP contribution in [0.5, 0.6) is 0 Å². The van der Waals surface area contributed by atoms with Crippen LogP contribution in [0.4, 0.5) is 14.5 Å². The Morgan fingerprint density at radius 1 is 1.16 bits per heavy atom. The van der Waals surface area contributed by atoms with E-state index in [4.69, 9.17) is 4.74 Å². The van der Waals surface area contributed by atoms with Gasteiger partial charge >= 0.3 is 5.97 Å². The number of amides is 1. The van der Waals surface area contributed by atoms with Crippen molar-refractivity contribution in [2.75, 3.05) is 12.4 Å². The van der Waals surface area contributed by atoms with Gasteiger partial charge in [0.25, 0.3) is 11.7 Å². The molecule has 0 aliphatic carbocycles. The molecule has 0 atom stereocenters. The van der Waals surface area contributed by atoms with Crippen LogP contribution in [-0.4, -0.2) is 34.5 Å². The van der Waals surface area contributed by atoms with Crippen LogP contribution in [0.3, 0.4) is 0 Å². The maximum Gasteiger partial charge on any atom is 0.305 e. The Morgan fingerprint density at radius 2 is 1.88 bits per heavy atom. The second-order valence-corrected chi connectivity index (χ2v) is 8.11. The minimum absolute atomic E-state index is 0.273. The first-order chi connectivity index (χ1) is 15.3. The molecule has 3 rings (SSSR count). The molecule has 1 heterocycles. The molecule has 0 fully saturated rings. The summed E-state index contributed by atoms with van der Waals surface area (Å²) >= 11 is 0.426. The lowest BCUT2D eigenvalue weighted by molar-refractivity contribution is -0.140. The maximum atomic E-state index is 12.6. The lowest BCUT2D eigenvalue weighted by Gasteiger charge is -2.09. The Labute approximate surface area is 189 Å². The molecule has 0 bridgehead atoms. The molecule has 3 aromatic rings. The summed E-state index contributed by atoms with van der Waals surface area (Å²) in [6.45, 7) is 3.82. The van der Waals surface area contributed by atoms with Crippen molar-refractivity contribution in [1.29, 1.82) is 0 Å². The number of methoxy groups -OCH3 is 1. The Hall–Kier alpha value is -3.20. The van der Waals surface area contributed by atoms with Gasteiger partial charge < -0.3 is 10.1 Å². The van der Waals surface area contributed by atoms with Crippen LogP contribution in [0, 0.1) is 13.8 Å². The van der Waals surface area contributed by atoms with Crippen LogP contribution in [0.1, 0.15) is 33.7 Å². The number of rotatable bonds is 8. The average molecular weight is 460 g/mol. The molecule has 0 saturated heterocycles. The molecule has 0 aliphatic heterocycles. The number of aryl methyl sites for hydroxylation is 1. The van der Waals surface area contributed by atoms with Crippen molar-refractivity contribution in [2.24, 2.45) is 0 Å². The number of hydrogen-bond acceptors (Lipinski definition) is 5. The predicted molar refractivity (Wildman–Crippen MR) is 120 cm³/mol. The van der Waals surface area contributed by atoms with Gasteiger partial charge in [0, 0.05) is 28.3 Å². The van der Waals surface area contributed by atoms with E-state index in [1.807, 2.05) is 13.8 Å². The number of alkyl halides is 2. The number of aromatic nitrogens is 2. The molecule has 0 unspecified atom stereocenters. The molecule has 1 N–H and O–H groups in total. The van der Waals surface area contributed by atoms with Crippen molar-refractivity contribution in [3.8, 4) is 5.69 Å². The number of nitrogens with zero attached hydrogens (tertiary/aromatic N) is 2. The first-order valence-electron chi connectivity index (χ1n) is 9.87. The third-order valence-corrected chi connectivity index (χ3v) is 5.64. The number of carbonyl (C=O) groups is 2. The van der Waals surface area contributed by atoms with Gasteiger partial charge in [-0.3, -0.25) is 9.59 Å². The second kappa shape index (κ2) is 10.4. The number of ether oxygens (including phenoxy) is 1. The molecule has 32 heavy (non-hydrogen) atoms. The number of nitrogens with one attached hydrogen (secondary N) is 1. The smallest absolute Gasteiger partial charge is 0.305 e. The minimum atomic E-state index is -2.52. The van der Waals surface area contributed by atoms with Gasteiger partial charge in [0.2, 0.25) is 0 Å². The van der Waals surface area contributed by atoms with Gasteiger partial charge in [-0.25, -0.2) is 4.68 Å². The van der Waals surface area contributed by atoms with Crippen molar-refractivity contribution >= 4 is 29.3 Å². The van der Waals surface area contributed by atoms with Gasteiger partial charge in [-0.05, 0) is 68.3 Å². The summed E-state index contributed by atoms with van der Waals surface area (Å²) in [7, 11) is 1.36. The van der Waals surface area contributed by atoms with Crippen LogP contribution < -0.4 is 5.32 Å².